The van der Waals surface area contributed by atoms with E-state index in [1.54, 1.807) is 18.2 Å². The summed E-state index contributed by atoms with van der Waals surface area (Å²) in [4.78, 5) is 0. The smallest absolute Gasteiger partial charge is 0.288 e. The van der Waals surface area contributed by atoms with E-state index in [2.05, 4.69) is 21.0 Å². The van der Waals surface area contributed by atoms with Gasteiger partial charge in [-0.1, -0.05) is 11.6 Å². The number of alkyl halides is 3. The van der Waals surface area contributed by atoms with Crippen LogP contribution >= 0.6 is 27.5 Å². The first-order chi connectivity index (χ1) is 7.38. The van der Waals surface area contributed by atoms with Crippen LogP contribution in [0.2, 0.25) is 5.02 Å². The van der Waals surface area contributed by atoms with Crippen LogP contribution < -0.4 is 0 Å². The second kappa shape index (κ2) is 3.85. The maximum Gasteiger partial charge on any atom is 0.434 e. The van der Waals surface area contributed by atoms with Gasteiger partial charge in [-0.2, -0.15) is 13.2 Å². The monoisotopic (exact) mass is 312 g/mol. The third-order valence-corrected chi connectivity index (χ3v) is 2.84. The van der Waals surface area contributed by atoms with Crippen LogP contribution in [-0.4, -0.2) is 9.78 Å². The number of hydrogen-bond donors (Lipinski definition) is 1. The van der Waals surface area contributed by atoms with E-state index >= 15 is 0 Å². The molecule has 1 aromatic carbocycles. The molecule has 0 fully saturated rings. The minimum absolute atomic E-state index is 0.510. The largest absolute Gasteiger partial charge is 0.434 e. The van der Waals surface area contributed by atoms with E-state index in [9.17, 15) is 13.2 Å². The van der Waals surface area contributed by atoms with Gasteiger partial charge in [0.15, 0.2) is 5.69 Å². The lowest BCUT2D eigenvalue weighted by Gasteiger charge is -2.18. The van der Waals surface area contributed by atoms with Crippen LogP contribution in [-0.2, 0) is 6.18 Å². The SMILES string of the molecule is FC(F)(F)c1cn(-c2ccc(Cl)cc2Br)[nH]1. The molecule has 0 radical (unpaired) electrons. The van der Waals surface area contributed by atoms with Crippen LogP contribution in [0.4, 0.5) is 13.2 Å². The Labute approximate surface area is 102 Å². The van der Waals surface area contributed by atoms with Gasteiger partial charge in [0, 0.05) is 9.50 Å². The molecule has 0 aliphatic heterocycles. The Kier molecular flexibility index (Phi) is 2.79. The van der Waals surface area contributed by atoms with E-state index in [4.69, 9.17) is 11.6 Å². The molecule has 1 heterocycles. The normalized spacial score (nSPS) is 12.1. The Bertz CT molecular complexity index is 503. The summed E-state index contributed by atoms with van der Waals surface area (Å²) in [5.74, 6) is 0. The van der Waals surface area contributed by atoms with Gasteiger partial charge < -0.3 is 0 Å². The van der Waals surface area contributed by atoms with Gasteiger partial charge in [-0.25, -0.2) is 0 Å². The molecule has 2 aromatic rings. The Morgan fingerprint density at radius 2 is 1.94 bits per heavy atom. The number of halogens is 5. The van der Waals surface area contributed by atoms with Gasteiger partial charge in [-0.15, -0.1) is 0 Å². The fourth-order valence-corrected chi connectivity index (χ4v) is 2.07. The molecule has 0 amide bonds. The van der Waals surface area contributed by atoms with Gasteiger partial charge in [0.2, 0.25) is 0 Å². The van der Waals surface area contributed by atoms with Crippen molar-refractivity contribution in [2.75, 3.05) is 0 Å². The van der Waals surface area contributed by atoms with E-state index in [0.29, 0.717) is 15.2 Å². The third-order valence-electron chi connectivity index (χ3n) is 1.97. The first kappa shape index (κ1) is 11.6. The van der Waals surface area contributed by atoms with Crippen molar-refractivity contribution in [2.45, 2.75) is 6.18 Å². The number of benzene rings is 1. The summed E-state index contributed by atoms with van der Waals surface area (Å²) in [6.45, 7) is 0. The van der Waals surface area contributed by atoms with E-state index in [-0.39, 0.29) is 0 Å². The average molecular weight is 314 g/mol. The summed E-state index contributed by atoms with van der Waals surface area (Å²) in [6, 6.07) is 4.82. The number of hydrogen-bond acceptors (Lipinski definition) is 0. The number of rotatable bonds is 1. The van der Waals surface area contributed by atoms with Crippen molar-refractivity contribution in [3.63, 3.8) is 0 Å². The molecule has 0 spiro atoms. The second-order valence-corrected chi connectivity index (χ2v) is 4.41. The number of aromatic amines is 1. The molecule has 0 unspecified atom stereocenters. The molecular weight excluding hydrogens is 308 g/mol. The summed E-state index contributed by atoms with van der Waals surface area (Å²) in [6.07, 6.45) is -3.36. The highest BCUT2D eigenvalue weighted by Gasteiger charge is 2.34. The summed E-state index contributed by atoms with van der Waals surface area (Å²) < 4.78 is 38.4. The van der Waals surface area contributed by atoms with Gasteiger partial charge in [0.05, 0.1) is 11.9 Å². The van der Waals surface area contributed by atoms with Crippen molar-refractivity contribution >= 4 is 27.5 Å². The number of aromatic nitrogens is 2. The van der Waals surface area contributed by atoms with E-state index in [1.807, 2.05) is 0 Å². The molecular formula is C9H5BrClF3N2. The predicted octanol–water partition coefficient (Wildman–Crippen LogP) is 4.24. The highest BCUT2D eigenvalue weighted by atomic mass is 79.9. The second-order valence-electron chi connectivity index (χ2n) is 3.12. The van der Waals surface area contributed by atoms with Crippen molar-refractivity contribution in [3.8, 4) is 5.69 Å². The Morgan fingerprint density at radius 1 is 1.31 bits per heavy atom. The zero-order valence-corrected chi connectivity index (χ0v) is 9.99. The molecule has 86 valence electrons. The van der Waals surface area contributed by atoms with Crippen molar-refractivity contribution in [1.82, 2.24) is 9.78 Å². The molecule has 16 heavy (non-hydrogen) atoms. The molecule has 1 N–H and O–H groups in total. The van der Waals surface area contributed by atoms with Crippen LogP contribution in [0.5, 0.6) is 0 Å². The van der Waals surface area contributed by atoms with Crippen LogP contribution in [0.3, 0.4) is 0 Å². The van der Waals surface area contributed by atoms with Crippen LogP contribution in [0, 0.1) is 0 Å². The highest BCUT2D eigenvalue weighted by Crippen LogP contribution is 2.31. The van der Waals surface area contributed by atoms with Gasteiger partial charge in [0.1, 0.15) is 0 Å². The molecule has 2 nitrogen and oxygen atoms in total. The molecule has 0 aliphatic rings. The third kappa shape index (κ3) is 2.12. The van der Waals surface area contributed by atoms with Gasteiger partial charge >= 0.3 is 6.18 Å². The molecule has 0 saturated heterocycles. The van der Waals surface area contributed by atoms with Crippen LogP contribution in [0.15, 0.2) is 28.9 Å². The molecule has 7 heteroatoms. The maximum absolute atomic E-state index is 12.2. The van der Waals surface area contributed by atoms with Gasteiger partial charge in [-0.05, 0) is 34.1 Å². The summed E-state index contributed by atoms with van der Waals surface area (Å²) in [5, 5.41) is 2.70. The van der Waals surface area contributed by atoms with Crippen LogP contribution in [0.1, 0.15) is 5.69 Å². The number of H-pyrrole nitrogens is 1. The quantitative estimate of drug-likeness (QED) is 0.813. The molecule has 2 rings (SSSR count). The van der Waals surface area contributed by atoms with Crippen molar-refractivity contribution in [2.24, 2.45) is 0 Å². The minimum Gasteiger partial charge on any atom is -0.288 e. The summed E-state index contributed by atoms with van der Waals surface area (Å²) >= 11 is 8.94. The Morgan fingerprint density at radius 3 is 2.44 bits per heavy atom. The predicted molar refractivity (Wildman–Crippen MR) is 57.8 cm³/mol. The topological polar surface area (TPSA) is 20.7 Å². The van der Waals surface area contributed by atoms with Crippen molar-refractivity contribution < 1.29 is 13.2 Å². The average Bonchev–Trinajstić information content (AvgIpc) is 2.03. The lowest BCUT2D eigenvalue weighted by molar-refractivity contribution is -0.144. The van der Waals surface area contributed by atoms with E-state index in [0.717, 1.165) is 6.20 Å². The molecule has 0 atom stereocenters. The standard InChI is InChI=1S/C9H5BrClF3N2/c10-6-3-5(11)1-2-7(6)16-4-8(15-16)9(12,13)14/h1-4,15H. The van der Waals surface area contributed by atoms with Gasteiger partial charge in [-0.3, -0.25) is 9.78 Å². The molecule has 0 aliphatic carbocycles. The fourth-order valence-electron chi connectivity index (χ4n) is 1.20. The molecule has 1 aromatic heterocycles. The van der Waals surface area contributed by atoms with Gasteiger partial charge in [0.25, 0.3) is 0 Å². The first-order valence-electron chi connectivity index (χ1n) is 4.18. The fraction of sp³-hybridized carbons (Fsp3) is 0.111. The highest BCUT2D eigenvalue weighted by molar-refractivity contribution is 9.10. The molecule has 0 saturated carbocycles. The lowest BCUT2D eigenvalue weighted by atomic mass is 10.3. The zero-order chi connectivity index (χ0) is 11.9. The summed E-state index contributed by atoms with van der Waals surface area (Å²) in [5.41, 5.74) is -0.202. The van der Waals surface area contributed by atoms with Crippen molar-refractivity contribution in [3.05, 3.63) is 39.6 Å². The lowest BCUT2D eigenvalue weighted by Crippen LogP contribution is -2.19. The number of nitrogens with one attached hydrogen (secondary N) is 1. The Hall–Kier alpha value is -0.880. The minimum atomic E-state index is -4.34. The maximum atomic E-state index is 12.2. The number of nitrogens with zero attached hydrogens (tertiary/aromatic N) is 1. The summed E-state index contributed by atoms with van der Waals surface area (Å²) in [7, 11) is 0. The first-order valence-corrected chi connectivity index (χ1v) is 5.35. The van der Waals surface area contributed by atoms with E-state index in [1.165, 1.54) is 4.68 Å². The molecule has 0 bridgehead atoms. The Balaban J connectivity index is 2.31. The van der Waals surface area contributed by atoms with Crippen molar-refractivity contribution in [1.29, 1.82) is 0 Å². The zero-order valence-electron chi connectivity index (χ0n) is 7.65. The van der Waals surface area contributed by atoms with E-state index < -0.39 is 11.9 Å². The van der Waals surface area contributed by atoms with Crippen LogP contribution in [0.25, 0.3) is 5.69 Å².